The summed E-state index contributed by atoms with van der Waals surface area (Å²) >= 11 is 0. The lowest BCUT2D eigenvalue weighted by atomic mass is 10.2. The number of benzene rings is 1. The zero-order valence-electron chi connectivity index (χ0n) is 12.5. The minimum absolute atomic E-state index is 0.968. The van der Waals surface area contributed by atoms with Gasteiger partial charge >= 0.3 is 0 Å². The van der Waals surface area contributed by atoms with Crippen molar-refractivity contribution in [1.82, 2.24) is 19.3 Å². The van der Waals surface area contributed by atoms with E-state index < -0.39 is 0 Å². The second kappa shape index (κ2) is 4.70. The summed E-state index contributed by atoms with van der Waals surface area (Å²) in [6.07, 6.45) is 1.93. The fourth-order valence-electron chi connectivity index (χ4n) is 3.04. The zero-order valence-corrected chi connectivity index (χ0v) is 12.5. The van der Waals surface area contributed by atoms with Gasteiger partial charge in [0.15, 0.2) is 11.5 Å². The van der Waals surface area contributed by atoms with Crippen molar-refractivity contribution >= 4 is 22.5 Å². The van der Waals surface area contributed by atoms with Crippen molar-refractivity contribution in [3.63, 3.8) is 0 Å². The fourth-order valence-corrected chi connectivity index (χ4v) is 3.04. The average molecular weight is 281 g/mol. The second-order valence-corrected chi connectivity index (χ2v) is 5.77. The highest BCUT2D eigenvalue weighted by Gasteiger charge is 2.20. The highest BCUT2D eigenvalue weighted by molar-refractivity contribution is 5.83. The molecule has 1 aromatic carbocycles. The quantitative estimate of drug-likeness (QED) is 0.683. The van der Waals surface area contributed by atoms with Crippen LogP contribution in [0.2, 0.25) is 0 Å². The highest BCUT2D eigenvalue weighted by atomic mass is 15.3. The predicted molar refractivity (Wildman–Crippen MR) is 84.9 cm³/mol. The number of fused-ring (bicyclic) bond motifs is 3. The summed E-state index contributed by atoms with van der Waals surface area (Å²) in [5, 5.41) is 0. The molecule has 0 spiro atoms. The van der Waals surface area contributed by atoms with Crippen molar-refractivity contribution in [2.24, 2.45) is 0 Å². The molecule has 3 heterocycles. The largest absolute Gasteiger partial charge is 0.351 e. The molecule has 0 aliphatic carbocycles. The van der Waals surface area contributed by atoms with Gasteiger partial charge in [0.2, 0.25) is 0 Å². The van der Waals surface area contributed by atoms with Crippen molar-refractivity contribution in [1.29, 1.82) is 0 Å². The van der Waals surface area contributed by atoms with E-state index in [0.29, 0.717) is 0 Å². The van der Waals surface area contributed by atoms with Gasteiger partial charge in [-0.2, -0.15) is 0 Å². The third-order valence-electron chi connectivity index (χ3n) is 4.29. The number of likely N-dealkylation sites (N-methyl/N-ethyl adjacent to an activating group) is 1. The summed E-state index contributed by atoms with van der Waals surface area (Å²) in [5.74, 6) is 1.01. The van der Waals surface area contributed by atoms with Crippen LogP contribution in [0.3, 0.4) is 0 Å². The van der Waals surface area contributed by atoms with E-state index in [-0.39, 0.29) is 0 Å². The predicted octanol–water partition coefficient (Wildman–Crippen LogP) is 1.94. The topological polar surface area (TPSA) is 36.7 Å². The number of aromatic nitrogens is 3. The molecule has 0 atom stereocenters. The van der Waals surface area contributed by atoms with Gasteiger partial charge in [0.05, 0.1) is 11.0 Å². The lowest BCUT2D eigenvalue weighted by Gasteiger charge is -2.33. The SMILES string of the molecule is Cc1cnc2c(N3CCN(C)CC3)nc3ccccc3n12. The number of nitrogens with zero attached hydrogens (tertiary/aromatic N) is 5. The summed E-state index contributed by atoms with van der Waals surface area (Å²) < 4.78 is 2.22. The van der Waals surface area contributed by atoms with Crippen LogP contribution in [0, 0.1) is 6.92 Å². The molecule has 1 aliphatic heterocycles. The zero-order chi connectivity index (χ0) is 14.4. The molecular weight excluding hydrogens is 262 g/mol. The van der Waals surface area contributed by atoms with Crippen LogP contribution in [-0.2, 0) is 0 Å². The smallest absolute Gasteiger partial charge is 0.181 e. The van der Waals surface area contributed by atoms with Gasteiger partial charge in [0.25, 0.3) is 0 Å². The summed E-state index contributed by atoms with van der Waals surface area (Å²) in [7, 11) is 2.17. The van der Waals surface area contributed by atoms with E-state index >= 15 is 0 Å². The van der Waals surface area contributed by atoms with Gasteiger partial charge in [-0.1, -0.05) is 12.1 Å². The molecule has 5 heteroatoms. The van der Waals surface area contributed by atoms with Crippen LogP contribution in [0.5, 0.6) is 0 Å². The van der Waals surface area contributed by atoms with E-state index in [1.54, 1.807) is 0 Å². The summed E-state index contributed by atoms with van der Waals surface area (Å²) in [6.45, 7) is 6.24. The van der Waals surface area contributed by atoms with Gasteiger partial charge in [-0.15, -0.1) is 0 Å². The molecule has 21 heavy (non-hydrogen) atoms. The molecule has 0 N–H and O–H groups in total. The Kier molecular flexibility index (Phi) is 2.82. The van der Waals surface area contributed by atoms with E-state index in [2.05, 4.69) is 51.4 Å². The van der Waals surface area contributed by atoms with Crippen LogP contribution < -0.4 is 4.90 Å². The van der Waals surface area contributed by atoms with Crippen LogP contribution in [0.25, 0.3) is 16.7 Å². The van der Waals surface area contributed by atoms with Crippen molar-refractivity contribution in [3.05, 3.63) is 36.2 Å². The molecule has 0 radical (unpaired) electrons. The number of piperazine rings is 1. The Bertz CT molecular complexity index is 799. The first-order valence-corrected chi connectivity index (χ1v) is 7.40. The maximum absolute atomic E-state index is 4.89. The van der Waals surface area contributed by atoms with Crippen molar-refractivity contribution in [2.75, 3.05) is 38.1 Å². The normalized spacial score (nSPS) is 17.0. The Balaban J connectivity index is 1.95. The number of hydrogen-bond donors (Lipinski definition) is 0. The van der Waals surface area contributed by atoms with Crippen molar-refractivity contribution in [3.8, 4) is 0 Å². The monoisotopic (exact) mass is 281 g/mol. The maximum Gasteiger partial charge on any atom is 0.181 e. The molecular formula is C16H19N5. The van der Waals surface area contributed by atoms with Crippen LogP contribution in [0.1, 0.15) is 5.69 Å². The molecule has 3 aromatic rings. The minimum Gasteiger partial charge on any atom is -0.351 e. The standard InChI is InChI=1S/C16H19N5/c1-12-11-17-15-16(20-9-7-19(2)8-10-20)18-13-5-3-4-6-14(13)21(12)15/h3-6,11H,7-10H2,1-2H3. The lowest BCUT2D eigenvalue weighted by molar-refractivity contribution is 0.312. The molecule has 108 valence electrons. The Morgan fingerprint density at radius 1 is 1.05 bits per heavy atom. The number of para-hydroxylation sites is 2. The highest BCUT2D eigenvalue weighted by Crippen LogP contribution is 2.25. The molecule has 1 saturated heterocycles. The molecule has 5 nitrogen and oxygen atoms in total. The van der Waals surface area contributed by atoms with Gasteiger partial charge in [-0.25, -0.2) is 9.97 Å². The average Bonchev–Trinajstić information content (AvgIpc) is 2.90. The summed E-state index contributed by atoms with van der Waals surface area (Å²) in [4.78, 5) is 14.2. The third kappa shape index (κ3) is 1.96. The van der Waals surface area contributed by atoms with Crippen LogP contribution in [-0.4, -0.2) is 52.5 Å². The summed E-state index contributed by atoms with van der Waals surface area (Å²) in [5.41, 5.74) is 4.27. The van der Waals surface area contributed by atoms with E-state index in [1.165, 1.54) is 0 Å². The van der Waals surface area contributed by atoms with Crippen LogP contribution in [0.4, 0.5) is 5.82 Å². The van der Waals surface area contributed by atoms with E-state index in [0.717, 1.165) is 54.4 Å². The Morgan fingerprint density at radius 3 is 2.62 bits per heavy atom. The van der Waals surface area contributed by atoms with Gasteiger partial charge < -0.3 is 9.80 Å². The van der Waals surface area contributed by atoms with Crippen molar-refractivity contribution in [2.45, 2.75) is 6.92 Å². The number of anilines is 1. The van der Waals surface area contributed by atoms with Gasteiger partial charge in [-0.3, -0.25) is 4.40 Å². The Labute approximate surface area is 123 Å². The first-order valence-electron chi connectivity index (χ1n) is 7.40. The maximum atomic E-state index is 4.89. The minimum atomic E-state index is 0.968. The second-order valence-electron chi connectivity index (χ2n) is 5.77. The molecule has 0 unspecified atom stereocenters. The number of hydrogen-bond acceptors (Lipinski definition) is 4. The number of imidazole rings is 1. The lowest BCUT2D eigenvalue weighted by Crippen LogP contribution is -2.45. The number of aryl methyl sites for hydroxylation is 1. The van der Waals surface area contributed by atoms with Crippen LogP contribution >= 0.6 is 0 Å². The third-order valence-corrected chi connectivity index (χ3v) is 4.29. The molecule has 0 amide bonds. The molecule has 2 aromatic heterocycles. The Hall–Kier alpha value is -2.14. The fraction of sp³-hybridized carbons (Fsp3) is 0.375. The molecule has 4 rings (SSSR count). The molecule has 1 fully saturated rings. The van der Waals surface area contributed by atoms with E-state index in [1.807, 2.05) is 12.3 Å². The van der Waals surface area contributed by atoms with Gasteiger partial charge in [0, 0.05) is 38.1 Å². The summed E-state index contributed by atoms with van der Waals surface area (Å²) in [6, 6.07) is 8.28. The van der Waals surface area contributed by atoms with Crippen molar-refractivity contribution < 1.29 is 0 Å². The van der Waals surface area contributed by atoms with E-state index in [9.17, 15) is 0 Å². The van der Waals surface area contributed by atoms with Gasteiger partial charge in [0.1, 0.15) is 0 Å². The van der Waals surface area contributed by atoms with E-state index in [4.69, 9.17) is 4.98 Å². The molecule has 0 saturated carbocycles. The Morgan fingerprint density at radius 2 is 1.81 bits per heavy atom. The van der Waals surface area contributed by atoms with Crippen LogP contribution in [0.15, 0.2) is 30.5 Å². The molecule has 1 aliphatic rings. The number of rotatable bonds is 1. The molecule has 0 bridgehead atoms. The first kappa shape index (κ1) is 12.6. The first-order chi connectivity index (χ1) is 10.2. The van der Waals surface area contributed by atoms with Gasteiger partial charge in [-0.05, 0) is 26.1 Å².